The fourth-order valence-corrected chi connectivity index (χ4v) is 4.51. The summed E-state index contributed by atoms with van der Waals surface area (Å²) in [6.45, 7) is 13.0. The average molecular weight is 1120 g/mol. The molecule has 10 nitrogen and oxygen atoms in total. The van der Waals surface area contributed by atoms with Gasteiger partial charge in [0.15, 0.2) is 6.29 Å². The number of aliphatic hydroxyl groups is 1. The van der Waals surface area contributed by atoms with Crippen LogP contribution < -0.4 is 5.73 Å². The standard InChI is InChI=1S/C24H28N4O2.C9H10O2.C4H11N.CH4O.CH4.Cl2.4ClH.4Co/c1-17-9-19-13-25-5-3-7-27-15-21-11-18(2)12-22(24(21)30)16-28-8-4-6-26-14-20(10-17)23(19)29;1-6-3-7(2)9(11)8(4-6)5-10;1-2-3-4-5;1-2;;1-2;;;;;;;;/h9-16,29-30H,3-8H2,1-2H3;3-5,11H,1-2H3;2-5H2,1H3;2H,1H3;1H4;;4*1H;;;;/q;;;;;;;;;;;;2*+2/p-4. The first-order valence-electron chi connectivity index (χ1n) is 16.8. The molecule has 59 heavy (non-hydrogen) atoms. The van der Waals surface area contributed by atoms with Crippen LogP contribution >= 0.6 is 62.3 Å². The zero-order valence-electron chi connectivity index (χ0n) is 32.9. The average Bonchev–Trinajstić information content (AvgIpc) is 3.18. The Hall–Kier alpha value is -0.904. The Morgan fingerprint density at radius 3 is 1.15 bits per heavy atom. The molecule has 4 rings (SSSR count). The van der Waals surface area contributed by atoms with Crippen molar-refractivity contribution in [3.63, 3.8) is 0 Å². The Bertz CT molecular complexity index is 1470. The zero-order chi connectivity index (χ0) is 43.3. The number of unbranched alkanes of at least 4 members (excludes halogenated alkanes) is 1. The van der Waals surface area contributed by atoms with Crippen LogP contribution in [0.15, 0.2) is 56.4 Å². The van der Waals surface area contributed by atoms with Gasteiger partial charge < -0.3 is 26.2 Å². The van der Waals surface area contributed by atoms with Gasteiger partial charge in [-0.3, -0.25) is 24.8 Å². The summed E-state index contributed by atoms with van der Waals surface area (Å²) in [5.41, 5.74) is 12.1. The number of aromatic hydroxyl groups is 3. The van der Waals surface area contributed by atoms with E-state index in [0.717, 1.165) is 48.8 Å². The van der Waals surface area contributed by atoms with Gasteiger partial charge >= 0.3 is 66.4 Å². The fraction of sp³-hybridized carbons (Fsp3) is 0.410. The van der Waals surface area contributed by atoms with Crippen molar-refractivity contribution in [3.8, 4) is 17.2 Å². The number of aliphatic hydroxyl groups excluding tert-OH is 1. The van der Waals surface area contributed by atoms with Gasteiger partial charge in [0.1, 0.15) is 17.2 Å². The molecule has 20 heteroatoms. The summed E-state index contributed by atoms with van der Waals surface area (Å²) < 4.78 is 0. The number of hydrogen-bond donors (Lipinski definition) is 5. The van der Waals surface area contributed by atoms with E-state index in [9.17, 15) is 20.1 Å². The maximum atomic E-state index is 10.5. The first-order chi connectivity index (χ1) is 26.9. The Kier molecular flexibility index (Phi) is 56.9. The minimum atomic E-state index is 0. The summed E-state index contributed by atoms with van der Waals surface area (Å²) in [6.07, 6.45) is 11.4. The molecule has 0 saturated heterocycles. The molecule has 6 N–H and O–H groups in total. The molecule has 0 atom stereocenters. The van der Waals surface area contributed by atoms with Crippen molar-refractivity contribution in [3.05, 3.63) is 86.5 Å². The van der Waals surface area contributed by atoms with E-state index in [1.54, 1.807) is 37.8 Å². The Balaban J connectivity index is -0.000000200. The topological polar surface area (TPSA) is 173 Å². The largest absolute Gasteiger partial charge is 0 e. The molecule has 0 unspecified atom stereocenters. The molecular weight excluding hydrogens is 1070 g/mol. The molecular formula is C39H57Cl6Co4N5O5. The molecule has 0 fully saturated rings. The summed E-state index contributed by atoms with van der Waals surface area (Å²) in [6, 6.07) is 11.1. The Labute approximate surface area is 411 Å². The van der Waals surface area contributed by atoms with Gasteiger partial charge in [-0.1, -0.05) is 26.8 Å². The van der Waals surface area contributed by atoms with Crippen LogP contribution in [-0.4, -0.2) is 91.4 Å². The molecule has 3 aromatic carbocycles. The van der Waals surface area contributed by atoms with E-state index in [4.69, 9.17) is 51.4 Å². The number of nitrogens with two attached hydrogens (primary N) is 1. The van der Waals surface area contributed by atoms with Gasteiger partial charge in [0, 0.05) is 136 Å². The predicted octanol–water partition coefficient (Wildman–Crippen LogP) is 10.8. The number of phenols is 3. The van der Waals surface area contributed by atoms with Gasteiger partial charge in [0.05, 0.1) is 5.56 Å². The minimum absolute atomic E-state index is 0. The second kappa shape index (κ2) is 48.1. The van der Waals surface area contributed by atoms with Crippen LogP contribution in [0.3, 0.4) is 0 Å². The number of aryl methyl sites for hydroxylation is 4. The number of nitrogens with zero attached hydrogens (tertiary/aromatic N) is 4. The number of hydrogen-bond acceptors (Lipinski definition) is 10. The Morgan fingerprint density at radius 1 is 0.627 bits per heavy atom. The van der Waals surface area contributed by atoms with Crippen molar-refractivity contribution in [2.24, 2.45) is 25.7 Å². The van der Waals surface area contributed by atoms with E-state index in [-0.39, 0.29) is 58.2 Å². The van der Waals surface area contributed by atoms with Gasteiger partial charge in [0.25, 0.3) is 0 Å². The molecule has 3 aromatic rings. The Morgan fingerprint density at radius 2 is 0.915 bits per heavy atom. The van der Waals surface area contributed by atoms with Gasteiger partial charge in [-0.2, -0.15) is 0 Å². The van der Waals surface area contributed by atoms with E-state index >= 15 is 0 Å². The van der Waals surface area contributed by atoms with Gasteiger partial charge in [-0.15, -0.1) is 0 Å². The quantitative estimate of drug-likeness (QED) is 0.163. The summed E-state index contributed by atoms with van der Waals surface area (Å²) >= 11 is 0.764. The van der Waals surface area contributed by atoms with Crippen LogP contribution in [0, 0.1) is 27.7 Å². The summed E-state index contributed by atoms with van der Waals surface area (Å²) in [4.78, 5) is 28.1. The summed E-state index contributed by atoms with van der Waals surface area (Å²) in [7, 11) is 28.2. The summed E-state index contributed by atoms with van der Waals surface area (Å²) in [5.74, 6) is 0.483. The van der Waals surface area contributed by atoms with Gasteiger partial charge in [-0.05, 0) is 106 Å². The molecule has 0 amide bonds. The van der Waals surface area contributed by atoms with Crippen molar-refractivity contribution in [1.82, 2.24) is 0 Å². The molecule has 0 spiro atoms. The van der Waals surface area contributed by atoms with Crippen LogP contribution in [-0.2, 0) is 59.3 Å². The number of aldehydes is 1. The van der Waals surface area contributed by atoms with Gasteiger partial charge in [0.2, 0.25) is 0 Å². The van der Waals surface area contributed by atoms with E-state index in [2.05, 4.69) is 48.6 Å². The first-order valence-corrected chi connectivity index (χ1v) is 23.7. The van der Waals surface area contributed by atoms with Crippen molar-refractivity contribution >= 4 is 93.4 Å². The van der Waals surface area contributed by atoms with E-state index in [1.807, 2.05) is 51.1 Å². The van der Waals surface area contributed by atoms with Crippen LogP contribution in [0.1, 0.15) is 94.9 Å². The third-order valence-corrected chi connectivity index (χ3v) is 6.86. The van der Waals surface area contributed by atoms with E-state index < -0.39 is 0 Å². The second-order valence-corrected chi connectivity index (χ2v) is 14.7. The van der Waals surface area contributed by atoms with Crippen LogP contribution in [0.2, 0.25) is 0 Å². The van der Waals surface area contributed by atoms with Crippen LogP contribution in [0.5, 0.6) is 17.2 Å². The molecule has 346 valence electrons. The molecule has 0 aliphatic carbocycles. The number of halogens is 6. The third-order valence-electron chi connectivity index (χ3n) is 6.86. The molecule has 1 heterocycles. The monoisotopic (exact) mass is 1120 g/mol. The number of phenolic OH excluding ortho intramolecular Hbond substituents is 3. The molecule has 1 aliphatic rings. The normalized spacial score (nSPS) is 11.2. The van der Waals surface area contributed by atoms with Crippen molar-refractivity contribution in [2.75, 3.05) is 39.8 Å². The maximum absolute atomic E-state index is 10.5. The summed E-state index contributed by atoms with van der Waals surface area (Å²) in [5, 5.41) is 37.3. The number of carbonyl (C=O) groups excluding carboxylic acids is 1. The first kappa shape index (κ1) is 69.8. The molecule has 2 radical (unpaired) electrons. The number of aliphatic imine (C=N–C) groups is 4. The zero-order valence-corrected chi connectivity index (χ0v) is 41.6. The van der Waals surface area contributed by atoms with Crippen LogP contribution in [0.4, 0.5) is 0 Å². The van der Waals surface area contributed by atoms with Crippen molar-refractivity contribution in [2.45, 2.75) is 67.7 Å². The number of fused-ring (bicyclic) bond motifs is 4. The van der Waals surface area contributed by atoms with E-state index in [1.165, 1.54) is 12.8 Å². The van der Waals surface area contributed by atoms with Crippen molar-refractivity contribution < 1.29 is 84.6 Å². The number of carbonyl (C=O) groups is 1. The predicted molar refractivity (Wildman–Crippen MR) is 242 cm³/mol. The number of rotatable bonds is 3. The fourth-order valence-electron chi connectivity index (χ4n) is 4.51. The van der Waals surface area contributed by atoms with Crippen molar-refractivity contribution in [1.29, 1.82) is 0 Å². The minimum Gasteiger partial charge on any atom is 0 e. The molecule has 4 bridgehead atoms. The van der Waals surface area contributed by atoms with E-state index in [0.29, 0.717) is 86.1 Å². The smallest absolute Gasteiger partial charge is 0 e. The third kappa shape index (κ3) is 34.3. The molecule has 0 aromatic heterocycles. The molecule has 1 aliphatic heterocycles. The maximum Gasteiger partial charge on any atom is 0 e. The van der Waals surface area contributed by atoms with Crippen LogP contribution in [0.25, 0.3) is 0 Å². The SMILES string of the molecule is C.CCCCN.CO.Cc1cc(C)c(O)c(C=O)c1.Cc1cc2c(O)c(c1)C=NCCCN=Cc1cc(C)cc(c1O)C=NCCCN=C2.ClCl.[Cl][Co][Cl].[Cl][Co][Cl].[Co].[Co]. The number of benzene rings is 3. The second-order valence-electron chi connectivity index (χ2n) is 11.3. The van der Waals surface area contributed by atoms with Gasteiger partial charge in [-0.25, -0.2) is 0 Å². The molecule has 0 saturated carbocycles.